The Labute approximate surface area is 109 Å². The summed E-state index contributed by atoms with van der Waals surface area (Å²) in [5.74, 6) is -0.524. The Kier molecular flexibility index (Phi) is 6.44. The molecular formula is C15H22O3. The molecule has 0 aliphatic heterocycles. The summed E-state index contributed by atoms with van der Waals surface area (Å²) < 4.78 is 5.44. The van der Waals surface area contributed by atoms with E-state index >= 15 is 0 Å². The van der Waals surface area contributed by atoms with Gasteiger partial charge in [-0.2, -0.15) is 0 Å². The SMILES string of the molecule is CC(C)C[C@H](OCCCc1ccccc1)C(=O)O. The van der Waals surface area contributed by atoms with Crippen LogP contribution in [0.1, 0.15) is 32.3 Å². The fourth-order valence-corrected chi connectivity index (χ4v) is 1.81. The lowest BCUT2D eigenvalue weighted by molar-refractivity contribution is -0.151. The minimum atomic E-state index is -0.858. The molecule has 3 heteroatoms. The normalized spacial score (nSPS) is 12.6. The molecule has 0 fully saturated rings. The third kappa shape index (κ3) is 5.82. The smallest absolute Gasteiger partial charge is 0.332 e. The van der Waals surface area contributed by atoms with E-state index in [-0.39, 0.29) is 0 Å². The number of aliphatic carboxylic acids is 1. The van der Waals surface area contributed by atoms with Crippen LogP contribution in [-0.4, -0.2) is 23.8 Å². The van der Waals surface area contributed by atoms with Crippen LogP contribution in [0.5, 0.6) is 0 Å². The first-order valence-corrected chi connectivity index (χ1v) is 6.48. The lowest BCUT2D eigenvalue weighted by Crippen LogP contribution is -2.26. The van der Waals surface area contributed by atoms with E-state index in [9.17, 15) is 4.79 Å². The molecule has 3 nitrogen and oxygen atoms in total. The lowest BCUT2D eigenvalue weighted by atomic mass is 10.1. The van der Waals surface area contributed by atoms with Crippen molar-refractivity contribution in [2.75, 3.05) is 6.61 Å². The summed E-state index contributed by atoms with van der Waals surface area (Å²) in [6, 6.07) is 10.2. The molecule has 100 valence electrons. The Morgan fingerprint density at radius 3 is 2.50 bits per heavy atom. The summed E-state index contributed by atoms with van der Waals surface area (Å²) in [5, 5.41) is 9.01. The van der Waals surface area contributed by atoms with Crippen molar-refractivity contribution in [2.24, 2.45) is 5.92 Å². The molecular weight excluding hydrogens is 228 g/mol. The second-order valence-corrected chi connectivity index (χ2v) is 4.92. The Morgan fingerprint density at radius 2 is 1.94 bits per heavy atom. The van der Waals surface area contributed by atoms with E-state index in [1.54, 1.807) is 0 Å². The summed E-state index contributed by atoms with van der Waals surface area (Å²) in [6.07, 6.45) is 1.68. The third-order valence-corrected chi connectivity index (χ3v) is 2.73. The Morgan fingerprint density at radius 1 is 1.28 bits per heavy atom. The van der Waals surface area contributed by atoms with E-state index in [1.165, 1.54) is 5.56 Å². The van der Waals surface area contributed by atoms with Crippen LogP contribution >= 0.6 is 0 Å². The van der Waals surface area contributed by atoms with Crippen molar-refractivity contribution in [2.45, 2.75) is 39.2 Å². The number of carboxylic acid groups (broad SMARTS) is 1. The zero-order valence-electron chi connectivity index (χ0n) is 11.1. The highest BCUT2D eigenvalue weighted by atomic mass is 16.5. The maximum Gasteiger partial charge on any atom is 0.332 e. The van der Waals surface area contributed by atoms with Crippen molar-refractivity contribution in [1.29, 1.82) is 0 Å². The Balaban J connectivity index is 2.25. The molecule has 0 saturated heterocycles. The van der Waals surface area contributed by atoms with Crippen LogP contribution in [0.15, 0.2) is 30.3 Å². The van der Waals surface area contributed by atoms with E-state index in [4.69, 9.17) is 9.84 Å². The zero-order chi connectivity index (χ0) is 13.4. The van der Waals surface area contributed by atoms with Gasteiger partial charge < -0.3 is 9.84 Å². The van der Waals surface area contributed by atoms with Crippen LogP contribution in [-0.2, 0) is 16.0 Å². The molecule has 18 heavy (non-hydrogen) atoms. The van der Waals surface area contributed by atoms with Gasteiger partial charge in [0.15, 0.2) is 6.10 Å². The van der Waals surface area contributed by atoms with Crippen LogP contribution in [0, 0.1) is 5.92 Å². The maximum absolute atomic E-state index is 11.0. The van der Waals surface area contributed by atoms with Gasteiger partial charge in [0.05, 0.1) is 0 Å². The van der Waals surface area contributed by atoms with E-state index in [0.717, 1.165) is 12.8 Å². The van der Waals surface area contributed by atoms with E-state index in [2.05, 4.69) is 12.1 Å². The molecule has 1 rings (SSSR count). The molecule has 0 aromatic heterocycles. The first-order valence-electron chi connectivity index (χ1n) is 6.48. The van der Waals surface area contributed by atoms with E-state index in [1.807, 2.05) is 32.0 Å². The fraction of sp³-hybridized carbons (Fsp3) is 0.533. The molecule has 0 saturated carbocycles. The summed E-state index contributed by atoms with van der Waals surface area (Å²) in [4.78, 5) is 11.0. The third-order valence-electron chi connectivity index (χ3n) is 2.73. The average Bonchev–Trinajstić information content (AvgIpc) is 2.33. The molecule has 0 bridgehead atoms. The topological polar surface area (TPSA) is 46.5 Å². The average molecular weight is 250 g/mol. The Bertz CT molecular complexity index is 346. The molecule has 1 aromatic rings. The minimum Gasteiger partial charge on any atom is -0.479 e. The van der Waals surface area contributed by atoms with Gasteiger partial charge in [-0.05, 0) is 30.7 Å². The van der Waals surface area contributed by atoms with Crippen LogP contribution in [0.3, 0.4) is 0 Å². The second-order valence-electron chi connectivity index (χ2n) is 4.92. The summed E-state index contributed by atoms with van der Waals surface area (Å²) in [7, 11) is 0. The van der Waals surface area contributed by atoms with Crippen molar-refractivity contribution in [3.63, 3.8) is 0 Å². The predicted molar refractivity (Wildman–Crippen MR) is 71.6 cm³/mol. The number of aryl methyl sites for hydroxylation is 1. The second kappa shape index (κ2) is 7.88. The van der Waals surface area contributed by atoms with Crippen molar-refractivity contribution in [1.82, 2.24) is 0 Å². The van der Waals surface area contributed by atoms with Crippen molar-refractivity contribution in [3.05, 3.63) is 35.9 Å². The molecule has 1 N–H and O–H groups in total. The number of carboxylic acids is 1. The summed E-state index contributed by atoms with van der Waals surface area (Å²) >= 11 is 0. The molecule has 0 aliphatic rings. The van der Waals surface area contributed by atoms with Crippen molar-refractivity contribution >= 4 is 5.97 Å². The van der Waals surface area contributed by atoms with Gasteiger partial charge in [-0.15, -0.1) is 0 Å². The quantitative estimate of drug-likeness (QED) is 0.721. The first-order chi connectivity index (χ1) is 8.59. The molecule has 0 unspecified atom stereocenters. The summed E-state index contributed by atoms with van der Waals surface area (Å²) in [5.41, 5.74) is 1.26. The number of hydrogen-bond acceptors (Lipinski definition) is 2. The van der Waals surface area contributed by atoms with Gasteiger partial charge in [0.1, 0.15) is 0 Å². The molecule has 0 radical (unpaired) electrons. The largest absolute Gasteiger partial charge is 0.479 e. The number of benzene rings is 1. The number of ether oxygens (including phenoxy) is 1. The van der Waals surface area contributed by atoms with Gasteiger partial charge in [0.25, 0.3) is 0 Å². The number of hydrogen-bond donors (Lipinski definition) is 1. The number of carbonyl (C=O) groups is 1. The van der Waals surface area contributed by atoms with Gasteiger partial charge in [-0.25, -0.2) is 4.79 Å². The molecule has 1 aromatic carbocycles. The van der Waals surface area contributed by atoms with Crippen LogP contribution in [0.4, 0.5) is 0 Å². The molecule has 1 atom stereocenters. The molecule has 0 aliphatic carbocycles. The highest BCUT2D eigenvalue weighted by Gasteiger charge is 2.18. The molecule has 0 heterocycles. The van der Waals surface area contributed by atoms with Gasteiger partial charge in [-0.1, -0.05) is 44.2 Å². The predicted octanol–water partition coefficient (Wildman–Crippen LogP) is 3.14. The van der Waals surface area contributed by atoms with E-state index in [0.29, 0.717) is 18.9 Å². The van der Waals surface area contributed by atoms with Crippen molar-refractivity contribution < 1.29 is 14.6 Å². The van der Waals surface area contributed by atoms with Gasteiger partial charge in [0, 0.05) is 6.61 Å². The first kappa shape index (κ1) is 14.7. The molecule has 0 amide bonds. The van der Waals surface area contributed by atoms with Crippen LogP contribution in [0.2, 0.25) is 0 Å². The highest BCUT2D eigenvalue weighted by molar-refractivity contribution is 5.72. The standard InChI is InChI=1S/C15H22O3/c1-12(2)11-14(15(16)17)18-10-6-9-13-7-4-3-5-8-13/h3-5,7-8,12,14H,6,9-11H2,1-2H3,(H,16,17)/t14-/m0/s1. The Hall–Kier alpha value is -1.35. The van der Waals surface area contributed by atoms with Crippen LogP contribution in [0.25, 0.3) is 0 Å². The van der Waals surface area contributed by atoms with Gasteiger partial charge >= 0.3 is 5.97 Å². The van der Waals surface area contributed by atoms with E-state index < -0.39 is 12.1 Å². The molecule has 0 spiro atoms. The summed E-state index contributed by atoms with van der Waals surface area (Å²) in [6.45, 7) is 4.51. The van der Waals surface area contributed by atoms with Crippen molar-refractivity contribution in [3.8, 4) is 0 Å². The monoisotopic (exact) mass is 250 g/mol. The van der Waals surface area contributed by atoms with Gasteiger partial charge in [-0.3, -0.25) is 0 Å². The van der Waals surface area contributed by atoms with Gasteiger partial charge in [0.2, 0.25) is 0 Å². The van der Waals surface area contributed by atoms with Crippen LogP contribution < -0.4 is 0 Å². The highest BCUT2D eigenvalue weighted by Crippen LogP contribution is 2.10. The zero-order valence-corrected chi connectivity index (χ0v) is 11.1. The fourth-order valence-electron chi connectivity index (χ4n) is 1.81. The minimum absolute atomic E-state index is 0.334. The lowest BCUT2D eigenvalue weighted by Gasteiger charge is -2.15. The maximum atomic E-state index is 11.0. The number of rotatable bonds is 8.